The molecular weight excluding hydrogens is 224 g/mol. The molecule has 0 amide bonds. The minimum Gasteiger partial charge on any atom is -0.356 e. The Morgan fingerprint density at radius 3 is 3.19 bits per heavy atom. The van der Waals surface area contributed by atoms with E-state index in [0.717, 1.165) is 35.0 Å². The maximum Gasteiger partial charge on any atom is 0.170 e. The zero-order valence-electron chi connectivity index (χ0n) is 8.88. The normalized spacial score (nSPS) is 12.6. The first-order valence-corrected chi connectivity index (χ1v) is 5.58. The molecule has 1 N–H and O–H groups in total. The van der Waals surface area contributed by atoms with Crippen molar-refractivity contribution in [3.05, 3.63) is 40.0 Å². The van der Waals surface area contributed by atoms with Crippen LogP contribution in [0.1, 0.15) is 16.8 Å². The third-order valence-electron chi connectivity index (χ3n) is 2.89. The van der Waals surface area contributed by atoms with Crippen molar-refractivity contribution in [3.8, 4) is 11.3 Å². The Hall–Kier alpha value is -1.32. The molecule has 16 heavy (non-hydrogen) atoms. The van der Waals surface area contributed by atoms with Crippen LogP contribution in [0.2, 0.25) is 5.02 Å². The Kier molecular flexibility index (Phi) is 2.23. The van der Waals surface area contributed by atoms with Gasteiger partial charge in [0.25, 0.3) is 0 Å². The standard InChI is InChI=1S/C12H11ClN2O/c1-14-6-11-10-5-7-4-8(13)2-3-9(7)12(10)16-15-11/h2-4,14H,5-6H2,1H3. The number of nitrogens with one attached hydrogen (secondary N) is 1. The highest BCUT2D eigenvalue weighted by Gasteiger charge is 2.26. The molecule has 0 aliphatic heterocycles. The van der Waals surface area contributed by atoms with Crippen molar-refractivity contribution in [3.63, 3.8) is 0 Å². The largest absolute Gasteiger partial charge is 0.356 e. The van der Waals surface area contributed by atoms with Crippen LogP contribution in [0.15, 0.2) is 22.7 Å². The van der Waals surface area contributed by atoms with Crippen molar-refractivity contribution >= 4 is 11.6 Å². The van der Waals surface area contributed by atoms with E-state index in [1.807, 2.05) is 25.2 Å². The number of rotatable bonds is 2. The lowest BCUT2D eigenvalue weighted by molar-refractivity contribution is 0.421. The molecule has 1 aromatic heterocycles. The van der Waals surface area contributed by atoms with E-state index in [-0.39, 0.29) is 0 Å². The molecule has 82 valence electrons. The van der Waals surface area contributed by atoms with Gasteiger partial charge in [-0.1, -0.05) is 16.8 Å². The van der Waals surface area contributed by atoms with E-state index >= 15 is 0 Å². The fourth-order valence-corrected chi connectivity index (χ4v) is 2.36. The minimum atomic E-state index is 0.737. The van der Waals surface area contributed by atoms with Gasteiger partial charge in [0, 0.05) is 29.1 Å². The van der Waals surface area contributed by atoms with Gasteiger partial charge in [-0.2, -0.15) is 0 Å². The summed E-state index contributed by atoms with van der Waals surface area (Å²) >= 11 is 5.98. The van der Waals surface area contributed by atoms with Crippen LogP contribution in [0.3, 0.4) is 0 Å². The molecule has 0 bridgehead atoms. The average molecular weight is 235 g/mol. The quantitative estimate of drug-likeness (QED) is 0.741. The molecule has 1 aliphatic carbocycles. The molecule has 4 heteroatoms. The summed E-state index contributed by atoms with van der Waals surface area (Å²) in [7, 11) is 1.90. The van der Waals surface area contributed by atoms with Crippen LogP contribution >= 0.6 is 11.6 Å². The molecule has 0 spiro atoms. The van der Waals surface area contributed by atoms with Gasteiger partial charge >= 0.3 is 0 Å². The minimum absolute atomic E-state index is 0.737. The van der Waals surface area contributed by atoms with Gasteiger partial charge in [0.15, 0.2) is 5.76 Å². The maximum absolute atomic E-state index is 5.98. The first-order chi connectivity index (χ1) is 7.79. The lowest BCUT2D eigenvalue weighted by atomic mass is 10.1. The number of halogens is 1. The summed E-state index contributed by atoms with van der Waals surface area (Å²) < 4.78 is 5.39. The van der Waals surface area contributed by atoms with Gasteiger partial charge < -0.3 is 9.84 Å². The second kappa shape index (κ2) is 3.61. The van der Waals surface area contributed by atoms with Crippen LogP contribution in [-0.4, -0.2) is 12.2 Å². The number of nitrogens with zero attached hydrogens (tertiary/aromatic N) is 1. The summed E-state index contributed by atoms with van der Waals surface area (Å²) in [6, 6.07) is 5.88. The van der Waals surface area contributed by atoms with Crippen molar-refractivity contribution in [2.24, 2.45) is 0 Å². The first-order valence-electron chi connectivity index (χ1n) is 5.20. The fraction of sp³-hybridized carbons (Fsp3) is 0.250. The lowest BCUT2D eigenvalue weighted by Gasteiger charge is -1.98. The van der Waals surface area contributed by atoms with Crippen LogP contribution in [-0.2, 0) is 13.0 Å². The second-order valence-corrected chi connectivity index (χ2v) is 4.38. The molecule has 2 aromatic rings. The van der Waals surface area contributed by atoms with Crippen LogP contribution in [0.4, 0.5) is 0 Å². The molecule has 0 fully saturated rings. The highest BCUT2D eigenvalue weighted by Crippen LogP contribution is 2.39. The van der Waals surface area contributed by atoms with Gasteiger partial charge in [0.2, 0.25) is 0 Å². The van der Waals surface area contributed by atoms with E-state index in [1.165, 1.54) is 11.1 Å². The van der Waals surface area contributed by atoms with Crippen LogP contribution in [0.5, 0.6) is 0 Å². The summed E-state index contributed by atoms with van der Waals surface area (Å²) in [6.07, 6.45) is 0.867. The summed E-state index contributed by atoms with van der Waals surface area (Å²) in [5.41, 5.74) is 4.52. The predicted molar refractivity (Wildman–Crippen MR) is 62.5 cm³/mol. The van der Waals surface area contributed by atoms with E-state index in [1.54, 1.807) is 0 Å². The summed E-state index contributed by atoms with van der Waals surface area (Å²) in [6.45, 7) is 0.737. The smallest absolute Gasteiger partial charge is 0.170 e. The van der Waals surface area contributed by atoms with Gasteiger partial charge in [-0.25, -0.2) is 0 Å². The third kappa shape index (κ3) is 1.36. The number of hydrogen-bond acceptors (Lipinski definition) is 3. The molecule has 1 heterocycles. The summed E-state index contributed by atoms with van der Waals surface area (Å²) in [5, 5.41) is 7.94. The van der Waals surface area contributed by atoms with Crippen LogP contribution in [0, 0.1) is 0 Å². The van der Waals surface area contributed by atoms with Crippen molar-refractivity contribution in [1.29, 1.82) is 0 Å². The van der Waals surface area contributed by atoms with Crippen molar-refractivity contribution < 1.29 is 4.52 Å². The topological polar surface area (TPSA) is 38.1 Å². The van der Waals surface area contributed by atoms with Gasteiger partial charge in [-0.15, -0.1) is 0 Å². The molecule has 0 radical (unpaired) electrons. The highest BCUT2D eigenvalue weighted by molar-refractivity contribution is 6.30. The Labute approximate surface area is 98.4 Å². The third-order valence-corrected chi connectivity index (χ3v) is 3.13. The Bertz CT molecular complexity index is 548. The van der Waals surface area contributed by atoms with Crippen LogP contribution in [0.25, 0.3) is 11.3 Å². The van der Waals surface area contributed by atoms with E-state index < -0.39 is 0 Å². The first kappa shape index (κ1) is 9.87. The number of hydrogen-bond donors (Lipinski definition) is 1. The Morgan fingerprint density at radius 1 is 1.50 bits per heavy atom. The zero-order chi connectivity index (χ0) is 11.1. The Balaban J connectivity index is 2.10. The van der Waals surface area contributed by atoms with E-state index in [4.69, 9.17) is 16.1 Å². The number of benzene rings is 1. The molecule has 3 nitrogen and oxygen atoms in total. The van der Waals surface area contributed by atoms with E-state index in [0.29, 0.717) is 0 Å². The fourth-order valence-electron chi connectivity index (χ4n) is 2.16. The number of aromatic nitrogens is 1. The lowest BCUT2D eigenvalue weighted by Crippen LogP contribution is -2.07. The molecule has 1 aromatic carbocycles. The van der Waals surface area contributed by atoms with Gasteiger partial charge in [-0.3, -0.25) is 0 Å². The van der Waals surface area contributed by atoms with Crippen molar-refractivity contribution in [1.82, 2.24) is 10.5 Å². The van der Waals surface area contributed by atoms with Gasteiger partial charge in [-0.05, 0) is 30.8 Å². The second-order valence-electron chi connectivity index (χ2n) is 3.95. The molecule has 0 saturated carbocycles. The van der Waals surface area contributed by atoms with Crippen molar-refractivity contribution in [2.75, 3.05) is 7.05 Å². The molecule has 3 rings (SSSR count). The monoisotopic (exact) mass is 234 g/mol. The Morgan fingerprint density at radius 2 is 2.38 bits per heavy atom. The molecule has 1 aliphatic rings. The highest BCUT2D eigenvalue weighted by atomic mass is 35.5. The molecule has 0 atom stereocenters. The molecular formula is C12H11ClN2O. The summed E-state index contributed by atoms with van der Waals surface area (Å²) in [4.78, 5) is 0. The number of fused-ring (bicyclic) bond motifs is 3. The van der Waals surface area contributed by atoms with Crippen LogP contribution < -0.4 is 5.32 Å². The SMILES string of the molecule is CNCc1noc2c1Cc1cc(Cl)ccc1-2. The van der Waals surface area contributed by atoms with Crippen molar-refractivity contribution in [2.45, 2.75) is 13.0 Å². The summed E-state index contributed by atoms with van der Waals surface area (Å²) in [5.74, 6) is 0.900. The maximum atomic E-state index is 5.98. The van der Waals surface area contributed by atoms with Gasteiger partial charge in [0.05, 0.1) is 0 Å². The molecule has 0 saturated heterocycles. The molecule has 0 unspecified atom stereocenters. The zero-order valence-corrected chi connectivity index (χ0v) is 9.64. The van der Waals surface area contributed by atoms with E-state index in [9.17, 15) is 0 Å². The average Bonchev–Trinajstić information content (AvgIpc) is 2.78. The predicted octanol–water partition coefficient (Wildman–Crippen LogP) is 2.62. The van der Waals surface area contributed by atoms with E-state index in [2.05, 4.69) is 10.5 Å². The van der Waals surface area contributed by atoms with Gasteiger partial charge in [0.1, 0.15) is 5.69 Å².